The lowest BCUT2D eigenvalue weighted by atomic mass is 10.0. The minimum Gasteiger partial charge on any atom is -0.487 e. The summed E-state index contributed by atoms with van der Waals surface area (Å²) < 4.78 is 10.7. The number of benzene rings is 2. The first-order valence-corrected chi connectivity index (χ1v) is 7.31. The predicted octanol–water partition coefficient (Wildman–Crippen LogP) is 3.23. The highest BCUT2D eigenvalue weighted by atomic mass is 16.5. The van der Waals surface area contributed by atoms with Crippen LogP contribution >= 0.6 is 0 Å². The molecule has 0 aromatic heterocycles. The van der Waals surface area contributed by atoms with Crippen LogP contribution in [0, 0.1) is 0 Å². The van der Waals surface area contributed by atoms with Crippen LogP contribution < -0.4 is 10.5 Å². The molecular formula is C18H19NO4. The second kappa shape index (κ2) is 7.45. The highest BCUT2D eigenvalue weighted by molar-refractivity contribution is 6.06. The number of anilines is 1. The Hall–Kier alpha value is -2.82. The zero-order valence-corrected chi connectivity index (χ0v) is 13.2. The van der Waals surface area contributed by atoms with Crippen LogP contribution in [-0.2, 0) is 11.3 Å². The lowest BCUT2D eigenvalue weighted by molar-refractivity contribution is 0.0522. The lowest BCUT2D eigenvalue weighted by Gasteiger charge is -2.13. The molecule has 2 rings (SSSR count). The Morgan fingerprint density at radius 2 is 1.78 bits per heavy atom. The number of nitrogen functional groups attached to an aromatic ring is 1. The van der Waals surface area contributed by atoms with E-state index in [1.165, 1.54) is 19.1 Å². The van der Waals surface area contributed by atoms with Gasteiger partial charge in [-0.25, -0.2) is 4.79 Å². The number of carbonyl (C=O) groups is 2. The van der Waals surface area contributed by atoms with E-state index in [0.29, 0.717) is 18.0 Å². The Morgan fingerprint density at radius 3 is 2.39 bits per heavy atom. The van der Waals surface area contributed by atoms with Crippen molar-refractivity contribution in [2.75, 3.05) is 12.3 Å². The Balaban J connectivity index is 2.31. The number of ketones is 1. The molecule has 0 aliphatic rings. The second-order valence-electron chi connectivity index (χ2n) is 4.99. The summed E-state index contributed by atoms with van der Waals surface area (Å²) in [5.41, 5.74) is 7.61. The van der Waals surface area contributed by atoms with Crippen molar-refractivity contribution in [1.82, 2.24) is 0 Å². The summed E-state index contributed by atoms with van der Waals surface area (Å²) in [4.78, 5) is 23.8. The van der Waals surface area contributed by atoms with E-state index < -0.39 is 5.97 Å². The van der Waals surface area contributed by atoms with Gasteiger partial charge in [0, 0.05) is 5.56 Å². The third-order valence-corrected chi connectivity index (χ3v) is 3.26. The van der Waals surface area contributed by atoms with Crippen molar-refractivity contribution in [3.63, 3.8) is 0 Å². The summed E-state index contributed by atoms with van der Waals surface area (Å²) in [6.45, 7) is 3.62. The predicted molar refractivity (Wildman–Crippen MR) is 87.6 cm³/mol. The molecule has 2 N–H and O–H groups in total. The van der Waals surface area contributed by atoms with E-state index in [2.05, 4.69) is 0 Å². The van der Waals surface area contributed by atoms with Crippen molar-refractivity contribution in [3.8, 4) is 5.75 Å². The van der Waals surface area contributed by atoms with Crippen LogP contribution in [0.2, 0.25) is 0 Å². The van der Waals surface area contributed by atoms with Crippen LogP contribution in [0.25, 0.3) is 0 Å². The largest absolute Gasteiger partial charge is 0.487 e. The number of ether oxygens (including phenoxy) is 2. The molecule has 5 nitrogen and oxygen atoms in total. The Morgan fingerprint density at radius 1 is 1.09 bits per heavy atom. The molecule has 5 heteroatoms. The van der Waals surface area contributed by atoms with Crippen LogP contribution in [0.1, 0.15) is 40.1 Å². The monoisotopic (exact) mass is 313 g/mol. The summed E-state index contributed by atoms with van der Waals surface area (Å²) in [7, 11) is 0. The molecule has 0 aliphatic carbocycles. The minimum absolute atomic E-state index is 0.164. The number of hydrogen-bond acceptors (Lipinski definition) is 5. The zero-order valence-electron chi connectivity index (χ0n) is 13.2. The number of esters is 1. The zero-order chi connectivity index (χ0) is 16.8. The average Bonchev–Trinajstić information content (AvgIpc) is 2.54. The third kappa shape index (κ3) is 4.10. The molecular weight excluding hydrogens is 294 g/mol. The van der Waals surface area contributed by atoms with Crippen LogP contribution in [0.4, 0.5) is 5.69 Å². The van der Waals surface area contributed by atoms with E-state index in [9.17, 15) is 9.59 Å². The van der Waals surface area contributed by atoms with E-state index >= 15 is 0 Å². The number of rotatable bonds is 6. The highest BCUT2D eigenvalue weighted by Crippen LogP contribution is 2.28. The van der Waals surface area contributed by atoms with Gasteiger partial charge in [-0.05, 0) is 31.5 Å². The van der Waals surface area contributed by atoms with E-state index in [0.717, 1.165) is 5.56 Å². The molecule has 23 heavy (non-hydrogen) atoms. The van der Waals surface area contributed by atoms with Crippen LogP contribution in [-0.4, -0.2) is 18.4 Å². The maximum absolute atomic E-state index is 12.0. The molecule has 0 unspecified atom stereocenters. The SMILES string of the molecule is CCOC(=O)c1cc(OCc2ccccc2)c(N)cc1C(C)=O. The van der Waals surface area contributed by atoms with E-state index in [4.69, 9.17) is 15.2 Å². The first-order valence-electron chi connectivity index (χ1n) is 7.31. The summed E-state index contributed by atoms with van der Waals surface area (Å²) in [6.07, 6.45) is 0. The van der Waals surface area contributed by atoms with Crippen molar-refractivity contribution < 1.29 is 19.1 Å². The summed E-state index contributed by atoms with van der Waals surface area (Å²) >= 11 is 0. The maximum Gasteiger partial charge on any atom is 0.338 e. The molecule has 0 saturated carbocycles. The average molecular weight is 313 g/mol. The Kier molecular flexibility index (Phi) is 5.36. The van der Waals surface area contributed by atoms with Gasteiger partial charge in [0.05, 0.1) is 17.9 Å². The van der Waals surface area contributed by atoms with Crippen LogP contribution in [0.5, 0.6) is 5.75 Å². The van der Waals surface area contributed by atoms with Gasteiger partial charge in [0.15, 0.2) is 5.78 Å². The van der Waals surface area contributed by atoms with Crippen molar-refractivity contribution in [2.24, 2.45) is 0 Å². The van der Waals surface area contributed by atoms with Gasteiger partial charge in [-0.15, -0.1) is 0 Å². The number of Topliss-reactive ketones (excluding diaryl/α,β-unsaturated/α-hetero) is 1. The van der Waals surface area contributed by atoms with Crippen molar-refractivity contribution in [3.05, 3.63) is 59.2 Å². The minimum atomic E-state index is -0.567. The first-order chi connectivity index (χ1) is 11.0. The molecule has 0 saturated heterocycles. The fourth-order valence-corrected chi connectivity index (χ4v) is 2.13. The molecule has 0 fully saturated rings. The number of hydrogen-bond donors (Lipinski definition) is 1. The molecule has 0 bridgehead atoms. The number of nitrogens with two attached hydrogens (primary N) is 1. The quantitative estimate of drug-likeness (QED) is 0.503. The maximum atomic E-state index is 12.0. The lowest BCUT2D eigenvalue weighted by Crippen LogP contribution is -2.12. The van der Waals surface area contributed by atoms with Gasteiger partial charge < -0.3 is 15.2 Å². The smallest absolute Gasteiger partial charge is 0.338 e. The molecule has 120 valence electrons. The van der Waals surface area contributed by atoms with Gasteiger partial charge in [-0.3, -0.25) is 4.79 Å². The normalized spacial score (nSPS) is 10.2. The van der Waals surface area contributed by atoms with Gasteiger partial charge >= 0.3 is 5.97 Å². The molecule has 0 atom stereocenters. The Labute approximate surface area is 135 Å². The fraction of sp³-hybridized carbons (Fsp3) is 0.222. The number of carbonyl (C=O) groups excluding carboxylic acids is 2. The third-order valence-electron chi connectivity index (χ3n) is 3.26. The first kappa shape index (κ1) is 16.5. The second-order valence-corrected chi connectivity index (χ2v) is 4.99. The molecule has 0 amide bonds. The molecule has 0 radical (unpaired) electrons. The van der Waals surface area contributed by atoms with E-state index in [1.807, 2.05) is 30.3 Å². The van der Waals surface area contributed by atoms with Gasteiger partial charge in [0.2, 0.25) is 0 Å². The van der Waals surface area contributed by atoms with Gasteiger partial charge in [-0.1, -0.05) is 30.3 Å². The standard InChI is InChI=1S/C18H19NO4/c1-3-22-18(21)15-10-17(16(19)9-14(15)12(2)20)23-11-13-7-5-4-6-8-13/h4-10H,3,11,19H2,1-2H3. The summed E-state index contributed by atoms with van der Waals surface area (Å²) in [5, 5.41) is 0. The van der Waals surface area contributed by atoms with Gasteiger partial charge in [0.1, 0.15) is 12.4 Å². The Bertz CT molecular complexity index is 710. The van der Waals surface area contributed by atoms with E-state index in [-0.39, 0.29) is 23.5 Å². The van der Waals surface area contributed by atoms with Crippen LogP contribution in [0.3, 0.4) is 0 Å². The molecule has 0 heterocycles. The van der Waals surface area contributed by atoms with Crippen LogP contribution in [0.15, 0.2) is 42.5 Å². The molecule has 2 aromatic carbocycles. The van der Waals surface area contributed by atoms with Crippen molar-refractivity contribution >= 4 is 17.4 Å². The van der Waals surface area contributed by atoms with Gasteiger partial charge in [-0.2, -0.15) is 0 Å². The summed E-state index contributed by atoms with van der Waals surface area (Å²) in [6, 6.07) is 12.5. The highest BCUT2D eigenvalue weighted by Gasteiger charge is 2.19. The fourth-order valence-electron chi connectivity index (χ4n) is 2.13. The molecule has 0 spiro atoms. The van der Waals surface area contributed by atoms with E-state index in [1.54, 1.807) is 6.92 Å². The van der Waals surface area contributed by atoms with Crippen molar-refractivity contribution in [2.45, 2.75) is 20.5 Å². The molecule has 0 aliphatic heterocycles. The summed E-state index contributed by atoms with van der Waals surface area (Å²) in [5.74, 6) is -0.474. The molecule has 2 aromatic rings. The van der Waals surface area contributed by atoms with Gasteiger partial charge in [0.25, 0.3) is 0 Å². The van der Waals surface area contributed by atoms with Crippen molar-refractivity contribution in [1.29, 1.82) is 0 Å². The topological polar surface area (TPSA) is 78.6 Å².